The van der Waals surface area contributed by atoms with Crippen LogP contribution in [0.1, 0.15) is 13.3 Å². The first-order valence-electron chi connectivity index (χ1n) is 3.70. The molecule has 1 aliphatic rings. The first-order chi connectivity index (χ1) is 5.52. The molecule has 0 saturated carbocycles. The molecule has 1 saturated heterocycles. The summed E-state index contributed by atoms with van der Waals surface area (Å²) < 4.78 is 0. The molecule has 0 aromatic heterocycles. The number of rotatable bonds is 1. The summed E-state index contributed by atoms with van der Waals surface area (Å²) in [6.07, 6.45) is 0.442. The summed E-state index contributed by atoms with van der Waals surface area (Å²) >= 11 is 4.14. The van der Waals surface area contributed by atoms with Gasteiger partial charge in [0.1, 0.15) is 6.04 Å². The highest BCUT2D eigenvalue weighted by atomic mass is 32.1. The van der Waals surface area contributed by atoms with Gasteiger partial charge in [-0.2, -0.15) is 12.6 Å². The Bertz CT molecular complexity index is 197. The number of carboxylic acid groups (broad SMARTS) is 1. The molecule has 1 fully saturated rings. The molecule has 0 aromatic rings. The van der Waals surface area contributed by atoms with Crippen LogP contribution in [0.15, 0.2) is 0 Å². The van der Waals surface area contributed by atoms with E-state index in [2.05, 4.69) is 12.6 Å². The molecule has 0 spiro atoms. The van der Waals surface area contributed by atoms with Gasteiger partial charge in [-0.1, -0.05) is 0 Å². The highest BCUT2D eigenvalue weighted by Gasteiger charge is 2.36. The fourth-order valence-electron chi connectivity index (χ4n) is 1.40. The Labute approximate surface area is 76.0 Å². The molecule has 0 radical (unpaired) electrons. The number of nitrogens with zero attached hydrogens (tertiary/aromatic N) is 1. The summed E-state index contributed by atoms with van der Waals surface area (Å²) in [4.78, 5) is 22.9. The molecule has 1 aliphatic heterocycles. The lowest BCUT2D eigenvalue weighted by Crippen LogP contribution is -2.39. The Balaban J connectivity index is 2.72. The number of hydrogen-bond acceptors (Lipinski definition) is 3. The van der Waals surface area contributed by atoms with Gasteiger partial charge >= 0.3 is 5.97 Å². The Hall–Kier alpha value is -0.710. The lowest BCUT2D eigenvalue weighted by atomic mass is 10.2. The first-order valence-corrected chi connectivity index (χ1v) is 4.22. The van der Waals surface area contributed by atoms with Crippen LogP contribution in [-0.2, 0) is 9.59 Å². The van der Waals surface area contributed by atoms with Gasteiger partial charge in [-0.05, 0) is 6.42 Å². The van der Waals surface area contributed by atoms with Gasteiger partial charge in [0, 0.05) is 18.7 Å². The molecule has 1 rings (SSSR count). The lowest BCUT2D eigenvalue weighted by molar-refractivity contribution is -0.147. The van der Waals surface area contributed by atoms with Crippen LogP contribution in [-0.4, -0.2) is 39.7 Å². The molecule has 0 aliphatic carbocycles. The van der Waals surface area contributed by atoms with Gasteiger partial charge in [0.05, 0.1) is 0 Å². The maximum atomic E-state index is 10.9. The van der Waals surface area contributed by atoms with Crippen molar-refractivity contribution in [2.45, 2.75) is 24.6 Å². The monoisotopic (exact) mass is 189 g/mol. The van der Waals surface area contributed by atoms with Crippen LogP contribution in [0.3, 0.4) is 0 Å². The van der Waals surface area contributed by atoms with Crippen molar-refractivity contribution >= 4 is 24.5 Å². The zero-order chi connectivity index (χ0) is 9.30. The van der Waals surface area contributed by atoms with Crippen molar-refractivity contribution in [2.24, 2.45) is 0 Å². The predicted molar refractivity (Wildman–Crippen MR) is 46.2 cm³/mol. The summed E-state index contributed by atoms with van der Waals surface area (Å²) in [5, 5.41) is 8.72. The minimum Gasteiger partial charge on any atom is -0.480 e. The van der Waals surface area contributed by atoms with Gasteiger partial charge in [-0.3, -0.25) is 4.79 Å². The van der Waals surface area contributed by atoms with Crippen molar-refractivity contribution in [3.63, 3.8) is 0 Å². The standard InChI is InChI=1S/C7H11NO3S/c1-4(9)8-3-5(12)2-6(8)7(10)11/h5-6,12H,2-3H2,1H3,(H,10,11)/t5-,6+/m1/s1. The van der Waals surface area contributed by atoms with E-state index < -0.39 is 12.0 Å². The van der Waals surface area contributed by atoms with Gasteiger partial charge in [0.15, 0.2) is 0 Å². The van der Waals surface area contributed by atoms with Crippen LogP contribution >= 0.6 is 12.6 Å². The average Bonchev–Trinajstić information content (AvgIpc) is 2.31. The molecule has 68 valence electrons. The zero-order valence-electron chi connectivity index (χ0n) is 6.73. The second-order valence-electron chi connectivity index (χ2n) is 2.91. The van der Waals surface area contributed by atoms with Crippen molar-refractivity contribution in [1.82, 2.24) is 4.90 Å². The van der Waals surface area contributed by atoms with E-state index >= 15 is 0 Å². The lowest BCUT2D eigenvalue weighted by Gasteiger charge is -2.18. The second-order valence-corrected chi connectivity index (χ2v) is 3.65. The number of carboxylic acids is 1. The number of likely N-dealkylation sites (tertiary alicyclic amines) is 1. The minimum atomic E-state index is -0.943. The Morgan fingerprint density at radius 2 is 2.17 bits per heavy atom. The first kappa shape index (κ1) is 9.38. The molecule has 1 heterocycles. The molecule has 0 unspecified atom stereocenters. The normalized spacial score (nSPS) is 29.0. The van der Waals surface area contributed by atoms with Crippen LogP contribution in [0, 0.1) is 0 Å². The van der Waals surface area contributed by atoms with E-state index in [1.165, 1.54) is 11.8 Å². The minimum absolute atomic E-state index is 0.00463. The largest absolute Gasteiger partial charge is 0.480 e. The second kappa shape index (κ2) is 3.35. The van der Waals surface area contributed by atoms with Crippen LogP contribution in [0.25, 0.3) is 0 Å². The van der Waals surface area contributed by atoms with E-state index in [1.807, 2.05) is 0 Å². The van der Waals surface area contributed by atoms with Crippen molar-refractivity contribution in [3.05, 3.63) is 0 Å². The number of thiol groups is 1. The van der Waals surface area contributed by atoms with E-state index in [1.54, 1.807) is 0 Å². The van der Waals surface area contributed by atoms with E-state index in [4.69, 9.17) is 5.11 Å². The molecular weight excluding hydrogens is 178 g/mol. The van der Waals surface area contributed by atoms with Crippen LogP contribution in [0.4, 0.5) is 0 Å². The smallest absolute Gasteiger partial charge is 0.326 e. The van der Waals surface area contributed by atoms with Crippen LogP contribution in [0.2, 0.25) is 0 Å². The van der Waals surface area contributed by atoms with Crippen molar-refractivity contribution in [1.29, 1.82) is 0 Å². The fraction of sp³-hybridized carbons (Fsp3) is 0.714. The summed E-state index contributed by atoms with van der Waals surface area (Å²) in [5.74, 6) is -1.14. The number of aliphatic carboxylic acids is 1. The van der Waals surface area contributed by atoms with Gasteiger partial charge < -0.3 is 10.0 Å². The molecular formula is C7H11NO3S. The summed E-state index contributed by atoms with van der Waals surface area (Å²) in [5.41, 5.74) is 0. The SMILES string of the molecule is CC(=O)N1C[C@H](S)C[C@H]1C(=O)O. The number of carbonyl (C=O) groups excluding carboxylic acids is 1. The predicted octanol–water partition coefficient (Wildman–Crippen LogP) is -0.00980. The maximum Gasteiger partial charge on any atom is 0.326 e. The van der Waals surface area contributed by atoms with Crippen LogP contribution < -0.4 is 0 Å². The molecule has 0 aromatic carbocycles. The summed E-state index contributed by atoms with van der Waals surface area (Å²) in [6.45, 7) is 1.82. The highest BCUT2D eigenvalue weighted by Crippen LogP contribution is 2.21. The third-order valence-electron chi connectivity index (χ3n) is 1.97. The zero-order valence-corrected chi connectivity index (χ0v) is 7.62. The van der Waals surface area contributed by atoms with E-state index in [-0.39, 0.29) is 11.2 Å². The van der Waals surface area contributed by atoms with E-state index in [9.17, 15) is 9.59 Å². The van der Waals surface area contributed by atoms with Gasteiger partial charge in [-0.25, -0.2) is 4.79 Å². The third-order valence-corrected chi connectivity index (χ3v) is 2.34. The summed E-state index contributed by atoms with van der Waals surface area (Å²) in [7, 11) is 0. The van der Waals surface area contributed by atoms with E-state index in [0.29, 0.717) is 13.0 Å². The Kier molecular flexibility index (Phi) is 2.62. The summed E-state index contributed by atoms with van der Waals surface area (Å²) in [6, 6.07) is -0.676. The third kappa shape index (κ3) is 1.72. The topological polar surface area (TPSA) is 57.6 Å². The molecule has 4 nitrogen and oxygen atoms in total. The fourth-order valence-corrected chi connectivity index (χ4v) is 1.77. The maximum absolute atomic E-state index is 10.9. The Morgan fingerprint density at radius 3 is 2.50 bits per heavy atom. The number of carbonyl (C=O) groups is 2. The molecule has 5 heteroatoms. The number of hydrogen-bond donors (Lipinski definition) is 2. The number of amides is 1. The van der Waals surface area contributed by atoms with E-state index in [0.717, 1.165) is 0 Å². The highest BCUT2D eigenvalue weighted by molar-refractivity contribution is 7.81. The van der Waals surface area contributed by atoms with Gasteiger partial charge in [0.2, 0.25) is 5.91 Å². The molecule has 2 atom stereocenters. The molecule has 0 bridgehead atoms. The van der Waals surface area contributed by atoms with Crippen molar-refractivity contribution in [2.75, 3.05) is 6.54 Å². The average molecular weight is 189 g/mol. The molecule has 1 amide bonds. The molecule has 12 heavy (non-hydrogen) atoms. The van der Waals surface area contributed by atoms with Crippen LogP contribution in [0.5, 0.6) is 0 Å². The van der Waals surface area contributed by atoms with Gasteiger partial charge in [0.25, 0.3) is 0 Å². The van der Waals surface area contributed by atoms with Gasteiger partial charge in [-0.15, -0.1) is 0 Å². The Morgan fingerprint density at radius 1 is 1.58 bits per heavy atom. The van der Waals surface area contributed by atoms with Crippen molar-refractivity contribution in [3.8, 4) is 0 Å². The van der Waals surface area contributed by atoms with Crippen molar-refractivity contribution < 1.29 is 14.7 Å². The quantitative estimate of drug-likeness (QED) is 0.570. The molecule has 1 N–H and O–H groups in total.